The maximum Gasteiger partial charge on any atom is 0.0766 e. The van der Waals surface area contributed by atoms with Gasteiger partial charge in [-0.1, -0.05) is 13.3 Å². The molecule has 1 aliphatic carbocycles. The summed E-state index contributed by atoms with van der Waals surface area (Å²) in [7, 11) is 1.96. The molecule has 5 heteroatoms. The van der Waals surface area contributed by atoms with Crippen LogP contribution in [0, 0.1) is 5.41 Å². The molecule has 0 saturated heterocycles. The largest absolute Gasteiger partial charge is 0.392 e. The fraction of sp³-hybridized carbons (Fsp3) is 0.769. The molecule has 2 unspecified atom stereocenters. The van der Waals surface area contributed by atoms with Gasteiger partial charge in [-0.25, -0.2) is 0 Å². The van der Waals surface area contributed by atoms with Crippen LogP contribution in [0.15, 0.2) is 4.47 Å². The maximum atomic E-state index is 10.2. The van der Waals surface area contributed by atoms with Crippen molar-refractivity contribution in [1.29, 1.82) is 0 Å². The average Bonchev–Trinajstić information content (AvgIpc) is 2.85. The van der Waals surface area contributed by atoms with Gasteiger partial charge in [-0.2, -0.15) is 5.10 Å². The lowest BCUT2D eigenvalue weighted by atomic mass is 9.79. The monoisotopic (exact) mass is 315 g/mol. The summed E-state index contributed by atoms with van der Waals surface area (Å²) >= 11 is 3.64. The maximum absolute atomic E-state index is 10.2. The van der Waals surface area contributed by atoms with E-state index in [0.717, 1.165) is 48.0 Å². The van der Waals surface area contributed by atoms with Crippen molar-refractivity contribution in [3.05, 3.63) is 15.9 Å². The van der Waals surface area contributed by atoms with Crippen molar-refractivity contribution < 1.29 is 5.11 Å². The molecule has 1 heterocycles. The highest BCUT2D eigenvalue weighted by atomic mass is 79.9. The van der Waals surface area contributed by atoms with Gasteiger partial charge in [-0.05, 0) is 41.6 Å². The Balaban J connectivity index is 2.30. The van der Waals surface area contributed by atoms with Gasteiger partial charge in [0.2, 0.25) is 0 Å². The van der Waals surface area contributed by atoms with Crippen molar-refractivity contribution in [1.82, 2.24) is 9.78 Å². The van der Waals surface area contributed by atoms with Gasteiger partial charge in [0.15, 0.2) is 0 Å². The molecule has 4 nitrogen and oxygen atoms in total. The zero-order chi connectivity index (χ0) is 13.3. The Morgan fingerprint density at radius 2 is 2.33 bits per heavy atom. The summed E-state index contributed by atoms with van der Waals surface area (Å²) in [5.41, 5.74) is 8.00. The van der Waals surface area contributed by atoms with Crippen molar-refractivity contribution in [3.8, 4) is 0 Å². The molecule has 2 rings (SSSR count). The highest BCUT2D eigenvalue weighted by Crippen LogP contribution is 2.41. The third-order valence-electron chi connectivity index (χ3n) is 4.29. The molecule has 0 bridgehead atoms. The van der Waals surface area contributed by atoms with Crippen LogP contribution in [0.4, 0.5) is 0 Å². The highest BCUT2D eigenvalue weighted by Gasteiger charge is 2.42. The lowest BCUT2D eigenvalue weighted by Gasteiger charge is -2.31. The van der Waals surface area contributed by atoms with E-state index in [1.54, 1.807) is 0 Å². The fourth-order valence-electron chi connectivity index (χ4n) is 2.98. The van der Waals surface area contributed by atoms with E-state index in [2.05, 4.69) is 28.0 Å². The van der Waals surface area contributed by atoms with Crippen LogP contribution >= 0.6 is 15.9 Å². The van der Waals surface area contributed by atoms with E-state index in [0.29, 0.717) is 6.54 Å². The summed E-state index contributed by atoms with van der Waals surface area (Å²) in [5, 5.41) is 14.7. The van der Waals surface area contributed by atoms with Crippen LogP contribution in [0.25, 0.3) is 0 Å². The SMILES string of the molecule is CCc1nn(C)c(CC2(CN)CCCC2O)c1Br. The van der Waals surface area contributed by atoms with Gasteiger partial charge < -0.3 is 10.8 Å². The van der Waals surface area contributed by atoms with E-state index in [4.69, 9.17) is 5.73 Å². The Kier molecular flexibility index (Phi) is 4.14. The molecule has 2 atom stereocenters. The van der Waals surface area contributed by atoms with Crippen molar-refractivity contribution in [3.63, 3.8) is 0 Å². The molecular weight excluding hydrogens is 294 g/mol. The Morgan fingerprint density at radius 1 is 1.61 bits per heavy atom. The number of nitrogens with two attached hydrogens (primary N) is 1. The summed E-state index contributed by atoms with van der Waals surface area (Å²) in [4.78, 5) is 0. The number of aryl methyl sites for hydroxylation is 2. The minimum Gasteiger partial charge on any atom is -0.392 e. The van der Waals surface area contributed by atoms with Crippen LogP contribution in [0.1, 0.15) is 37.6 Å². The smallest absolute Gasteiger partial charge is 0.0766 e. The molecule has 1 aromatic heterocycles. The minimum atomic E-state index is -0.283. The lowest BCUT2D eigenvalue weighted by Crippen LogP contribution is -2.40. The van der Waals surface area contributed by atoms with E-state index in [1.807, 2.05) is 11.7 Å². The predicted octanol–water partition coefficient (Wildman–Crippen LogP) is 1.78. The number of halogens is 1. The van der Waals surface area contributed by atoms with Gasteiger partial charge in [0.25, 0.3) is 0 Å². The standard InChI is InChI=1S/C13H22BrN3O/c1-3-9-12(14)10(17(2)16-9)7-13(8-15)6-4-5-11(13)18/h11,18H,3-8,15H2,1-2H3. The number of hydrogen-bond donors (Lipinski definition) is 2. The Bertz CT molecular complexity index is 432. The van der Waals surface area contributed by atoms with E-state index in [1.165, 1.54) is 0 Å². The van der Waals surface area contributed by atoms with Crippen LogP contribution in [-0.4, -0.2) is 27.5 Å². The first kappa shape index (κ1) is 14.0. The average molecular weight is 316 g/mol. The molecular formula is C13H22BrN3O. The highest BCUT2D eigenvalue weighted by molar-refractivity contribution is 9.10. The Morgan fingerprint density at radius 3 is 2.78 bits per heavy atom. The van der Waals surface area contributed by atoms with Gasteiger partial charge in [0.1, 0.15) is 0 Å². The van der Waals surface area contributed by atoms with Gasteiger partial charge >= 0.3 is 0 Å². The van der Waals surface area contributed by atoms with Crippen molar-refractivity contribution in [2.24, 2.45) is 18.2 Å². The van der Waals surface area contributed by atoms with Crippen LogP contribution in [-0.2, 0) is 19.9 Å². The molecule has 1 saturated carbocycles. The summed E-state index contributed by atoms with van der Waals surface area (Å²) < 4.78 is 3.00. The first-order valence-corrected chi connectivity index (χ1v) is 7.41. The van der Waals surface area contributed by atoms with Gasteiger partial charge in [-0.3, -0.25) is 4.68 Å². The van der Waals surface area contributed by atoms with E-state index >= 15 is 0 Å². The third-order valence-corrected chi connectivity index (χ3v) is 5.20. The van der Waals surface area contributed by atoms with Crippen molar-refractivity contribution >= 4 is 15.9 Å². The molecule has 102 valence electrons. The number of nitrogens with zero attached hydrogens (tertiary/aromatic N) is 2. The van der Waals surface area contributed by atoms with E-state index in [-0.39, 0.29) is 11.5 Å². The van der Waals surface area contributed by atoms with Crippen LogP contribution < -0.4 is 5.73 Å². The summed E-state index contributed by atoms with van der Waals surface area (Å²) in [6.07, 6.45) is 4.36. The zero-order valence-electron chi connectivity index (χ0n) is 11.1. The molecule has 0 aromatic carbocycles. The molecule has 1 fully saturated rings. The van der Waals surface area contributed by atoms with Crippen LogP contribution in [0.2, 0.25) is 0 Å². The number of aromatic nitrogens is 2. The van der Waals surface area contributed by atoms with Crippen LogP contribution in [0.5, 0.6) is 0 Å². The van der Waals surface area contributed by atoms with E-state index < -0.39 is 0 Å². The zero-order valence-corrected chi connectivity index (χ0v) is 12.7. The summed E-state index contributed by atoms with van der Waals surface area (Å²) in [6.45, 7) is 2.63. The second-order valence-corrected chi connectivity index (χ2v) is 6.13. The van der Waals surface area contributed by atoms with Gasteiger partial charge in [0, 0.05) is 19.0 Å². The van der Waals surface area contributed by atoms with Crippen molar-refractivity contribution in [2.75, 3.05) is 6.54 Å². The fourth-order valence-corrected chi connectivity index (χ4v) is 3.74. The van der Waals surface area contributed by atoms with Gasteiger partial charge in [-0.15, -0.1) is 0 Å². The molecule has 0 radical (unpaired) electrons. The second kappa shape index (κ2) is 5.31. The Labute approximate surface area is 117 Å². The first-order valence-electron chi connectivity index (χ1n) is 6.62. The minimum absolute atomic E-state index is 0.165. The predicted molar refractivity (Wildman–Crippen MR) is 75.3 cm³/mol. The lowest BCUT2D eigenvalue weighted by molar-refractivity contribution is 0.0573. The number of aliphatic hydroxyl groups excluding tert-OH is 1. The first-order chi connectivity index (χ1) is 8.54. The second-order valence-electron chi connectivity index (χ2n) is 5.34. The number of aliphatic hydroxyl groups is 1. The molecule has 0 spiro atoms. The molecule has 0 amide bonds. The van der Waals surface area contributed by atoms with E-state index in [9.17, 15) is 5.11 Å². The molecule has 0 aliphatic heterocycles. The molecule has 1 aromatic rings. The van der Waals surface area contributed by atoms with Crippen LogP contribution in [0.3, 0.4) is 0 Å². The van der Waals surface area contributed by atoms with Crippen molar-refractivity contribution in [2.45, 2.75) is 45.1 Å². The molecule has 3 N–H and O–H groups in total. The summed E-state index contributed by atoms with van der Waals surface area (Å²) in [6, 6.07) is 0. The summed E-state index contributed by atoms with van der Waals surface area (Å²) in [5.74, 6) is 0. The normalized spacial score (nSPS) is 27.9. The molecule has 18 heavy (non-hydrogen) atoms. The third kappa shape index (κ3) is 2.24. The Hall–Kier alpha value is -0.390. The van der Waals surface area contributed by atoms with Gasteiger partial charge in [0.05, 0.1) is 22.0 Å². The molecule has 1 aliphatic rings. The topological polar surface area (TPSA) is 64.1 Å². The number of rotatable bonds is 4. The quantitative estimate of drug-likeness (QED) is 0.890. The number of hydrogen-bond acceptors (Lipinski definition) is 3.